The molecule has 0 unspecified atom stereocenters. The maximum Gasteiger partial charge on any atom is 0.251 e. The van der Waals surface area contributed by atoms with Crippen molar-refractivity contribution in [3.05, 3.63) is 47.5 Å². The van der Waals surface area contributed by atoms with Gasteiger partial charge < -0.3 is 15.4 Å². The number of nitrogens with one attached hydrogen (secondary N) is 2. The van der Waals surface area contributed by atoms with Crippen LogP contribution in [0.3, 0.4) is 0 Å². The zero-order valence-corrected chi connectivity index (χ0v) is 14.4. The smallest absolute Gasteiger partial charge is 0.251 e. The highest BCUT2D eigenvalue weighted by molar-refractivity contribution is 5.94. The molecule has 1 saturated carbocycles. The van der Waals surface area contributed by atoms with Gasteiger partial charge in [0.2, 0.25) is 5.91 Å². The first-order valence-electron chi connectivity index (χ1n) is 8.85. The summed E-state index contributed by atoms with van der Waals surface area (Å²) in [7, 11) is 0. The van der Waals surface area contributed by atoms with E-state index >= 15 is 0 Å². The van der Waals surface area contributed by atoms with E-state index in [1.165, 1.54) is 0 Å². The van der Waals surface area contributed by atoms with Crippen LogP contribution in [0.4, 0.5) is 0 Å². The first-order valence-corrected chi connectivity index (χ1v) is 8.85. The number of carbonyl (C=O) groups is 2. The van der Waals surface area contributed by atoms with Crippen LogP contribution >= 0.6 is 0 Å². The fourth-order valence-corrected chi connectivity index (χ4v) is 2.66. The van der Waals surface area contributed by atoms with E-state index < -0.39 is 0 Å². The quantitative estimate of drug-likeness (QED) is 0.727. The number of ether oxygens (including phenoxy) is 1. The fourth-order valence-electron chi connectivity index (χ4n) is 2.66. The highest BCUT2D eigenvalue weighted by Gasteiger charge is 2.23. The molecule has 2 amide bonds. The second-order valence-electron chi connectivity index (χ2n) is 6.48. The van der Waals surface area contributed by atoms with Crippen molar-refractivity contribution >= 4 is 11.8 Å². The highest BCUT2D eigenvalue weighted by Crippen LogP contribution is 2.19. The van der Waals surface area contributed by atoms with Gasteiger partial charge in [0.05, 0.1) is 13.2 Å². The molecule has 134 valence electrons. The topological polar surface area (TPSA) is 70.7 Å². The monoisotopic (exact) mass is 343 g/mol. The molecular weight excluding hydrogens is 318 g/mol. The van der Waals surface area contributed by atoms with Crippen molar-refractivity contribution in [1.29, 1.82) is 0 Å². The van der Waals surface area contributed by atoms with Gasteiger partial charge in [0, 0.05) is 43.9 Å². The summed E-state index contributed by atoms with van der Waals surface area (Å²) in [5.74, 6) is -0.165. The van der Waals surface area contributed by atoms with Crippen LogP contribution in [0.5, 0.6) is 0 Å². The summed E-state index contributed by atoms with van der Waals surface area (Å²) in [5, 5.41) is 5.83. The van der Waals surface area contributed by atoms with Crippen LogP contribution in [0, 0.1) is 0 Å². The third kappa shape index (κ3) is 5.99. The van der Waals surface area contributed by atoms with Crippen molar-refractivity contribution in [2.75, 3.05) is 32.8 Å². The lowest BCUT2D eigenvalue weighted by Gasteiger charge is -2.25. The second-order valence-corrected chi connectivity index (χ2v) is 6.48. The van der Waals surface area contributed by atoms with Gasteiger partial charge in [-0.2, -0.15) is 0 Å². The van der Waals surface area contributed by atoms with Crippen molar-refractivity contribution in [3.63, 3.8) is 0 Å². The van der Waals surface area contributed by atoms with E-state index in [0.29, 0.717) is 18.2 Å². The molecular formula is C19H25N3O3. The number of benzene rings is 1. The van der Waals surface area contributed by atoms with Gasteiger partial charge in [0.25, 0.3) is 5.91 Å². The lowest BCUT2D eigenvalue weighted by atomic mass is 10.1. The number of nitrogens with zero attached hydrogens (tertiary/aromatic N) is 1. The number of amides is 2. The van der Waals surface area contributed by atoms with Gasteiger partial charge in [-0.3, -0.25) is 14.5 Å². The van der Waals surface area contributed by atoms with E-state index in [-0.39, 0.29) is 11.8 Å². The summed E-state index contributed by atoms with van der Waals surface area (Å²) in [5.41, 5.74) is 1.56. The van der Waals surface area contributed by atoms with Crippen LogP contribution < -0.4 is 10.6 Å². The van der Waals surface area contributed by atoms with Gasteiger partial charge in [-0.15, -0.1) is 0 Å². The number of hydrogen-bond donors (Lipinski definition) is 2. The molecule has 0 aromatic heterocycles. The van der Waals surface area contributed by atoms with Gasteiger partial charge in [-0.1, -0.05) is 18.2 Å². The molecule has 0 atom stereocenters. The summed E-state index contributed by atoms with van der Waals surface area (Å²) >= 11 is 0. The molecule has 1 saturated heterocycles. The maximum absolute atomic E-state index is 12.1. The third-order valence-electron chi connectivity index (χ3n) is 4.31. The summed E-state index contributed by atoms with van der Waals surface area (Å²) in [6.07, 6.45) is 5.58. The maximum atomic E-state index is 12.1. The van der Waals surface area contributed by atoms with Crippen LogP contribution in [-0.2, 0) is 16.1 Å². The Kier molecular flexibility index (Phi) is 6.19. The number of hydrogen-bond acceptors (Lipinski definition) is 4. The standard InChI is InChI=1S/C19H25N3O3/c23-18(5-2-8-22-9-11-25-12-10-22)20-14-15-3-1-4-16(13-15)19(24)21-17-6-7-17/h1-5,13,17H,6-12,14H2,(H,20,23)(H,21,24)/b5-2+. The molecule has 1 aromatic rings. The van der Waals surface area contributed by atoms with Crippen molar-refractivity contribution in [3.8, 4) is 0 Å². The Bertz CT molecular complexity index is 635. The van der Waals surface area contributed by atoms with Crippen molar-refractivity contribution < 1.29 is 14.3 Å². The Labute approximate surface area is 148 Å². The minimum absolute atomic E-state index is 0.0407. The van der Waals surface area contributed by atoms with Gasteiger partial charge in [0.15, 0.2) is 0 Å². The van der Waals surface area contributed by atoms with Crippen LogP contribution in [0.1, 0.15) is 28.8 Å². The SMILES string of the molecule is O=C(/C=C/CN1CCOCC1)NCc1cccc(C(=O)NC2CC2)c1. The minimum atomic E-state index is -0.124. The molecule has 2 aliphatic rings. The molecule has 1 heterocycles. The first-order chi connectivity index (χ1) is 12.2. The number of morpholine rings is 1. The molecule has 0 spiro atoms. The Balaban J connectivity index is 1.42. The van der Waals surface area contributed by atoms with E-state index in [1.54, 1.807) is 12.1 Å². The van der Waals surface area contributed by atoms with Crippen molar-refractivity contribution in [2.24, 2.45) is 0 Å². The zero-order chi connectivity index (χ0) is 17.5. The number of carbonyl (C=O) groups excluding carboxylic acids is 2. The fraction of sp³-hybridized carbons (Fsp3) is 0.474. The lowest BCUT2D eigenvalue weighted by molar-refractivity contribution is -0.116. The van der Waals surface area contributed by atoms with Gasteiger partial charge >= 0.3 is 0 Å². The Morgan fingerprint density at radius 3 is 2.80 bits per heavy atom. The molecule has 1 aromatic carbocycles. The molecule has 6 nitrogen and oxygen atoms in total. The predicted octanol–water partition coefficient (Wildman–Crippen LogP) is 1.08. The minimum Gasteiger partial charge on any atom is -0.379 e. The molecule has 0 bridgehead atoms. The lowest BCUT2D eigenvalue weighted by Crippen LogP contribution is -2.36. The van der Waals surface area contributed by atoms with E-state index in [0.717, 1.165) is 51.3 Å². The Morgan fingerprint density at radius 2 is 2.04 bits per heavy atom. The largest absolute Gasteiger partial charge is 0.379 e. The first kappa shape index (κ1) is 17.6. The molecule has 25 heavy (non-hydrogen) atoms. The van der Waals surface area contributed by atoms with E-state index in [9.17, 15) is 9.59 Å². The summed E-state index contributed by atoms with van der Waals surface area (Å²) in [6, 6.07) is 7.72. The zero-order valence-electron chi connectivity index (χ0n) is 14.4. The van der Waals surface area contributed by atoms with E-state index in [2.05, 4.69) is 15.5 Å². The Hall–Kier alpha value is -2.18. The van der Waals surface area contributed by atoms with Crippen LogP contribution in [0.2, 0.25) is 0 Å². The van der Waals surface area contributed by atoms with Gasteiger partial charge in [-0.05, 0) is 30.5 Å². The summed E-state index contributed by atoms with van der Waals surface area (Å²) in [4.78, 5) is 26.2. The highest BCUT2D eigenvalue weighted by atomic mass is 16.5. The second kappa shape index (κ2) is 8.78. The summed E-state index contributed by atoms with van der Waals surface area (Å²) in [6.45, 7) is 4.48. The number of rotatable bonds is 7. The average Bonchev–Trinajstić information content (AvgIpc) is 3.45. The van der Waals surface area contributed by atoms with Gasteiger partial charge in [-0.25, -0.2) is 0 Å². The molecule has 6 heteroatoms. The predicted molar refractivity (Wildman–Crippen MR) is 95.2 cm³/mol. The molecule has 1 aliphatic heterocycles. The molecule has 3 rings (SSSR count). The van der Waals surface area contributed by atoms with E-state index in [1.807, 2.05) is 24.3 Å². The normalized spacial score (nSPS) is 18.2. The van der Waals surface area contributed by atoms with Gasteiger partial charge in [0.1, 0.15) is 0 Å². The van der Waals surface area contributed by atoms with E-state index in [4.69, 9.17) is 4.74 Å². The molecule has 2 N–H and O–H groups in total. The third-order valence-corrected chi connectivity index (χ3v) is 4.31. The molecule has 0 radical (unpaired) electrons. The average molecular weight is 343 g/mol. The van der Waals surface area contributed by atoms with Crippen molar-refractivity contribution in [2.45, 2.75) is 25.4 Å². The summed E-state index contributed by atoms with van der Waals surface area (Å²) < 4.78 is 5.29. The Morgan fingerprint density at radius 1 is 1.24 bits per heavy atom. The van der Waals surface area contributed by atoms with Crippen molar-refractivity contribution in [1.82, 2.24) is 15.5 Å². The molecule has 2 fully saturated rings. The van der Waals surface area contributed by atoms with Crippen LogP contribution in [-0.4, -0.2) is 55.6 Å². The van der Waals surface area contributed by atoms with Crippen LogP contribution in [0.15, 0.2) is 36.4 Å². The van der Waals surface area contributed by atoms with Crippen LogP contribution in [0.25, 0.3) is 0 Å². The molecule has 1 aliphatic carbocycles.